The summed E-state index contributed by atoms with van der Waals surface area (Å²) in [6, 6.07) is 10.1. The first-order valence-corrected chi connectivity index (χ1v) is 5.62. The molecule has 1 aromatic carbocycles. The second kappa shape index (κ2) is 5.05. The largest absolute Gasteiger partial charge is 0.330 e. The monoisotopic (exact) mass is 215 g/mol. The predicted molar refractivity (Wildman–Crippen MR) is 67.0 cm³/mol. The molecule has 4 N–H and O–H groups in total. The van der Waals surface area contributed by atoms with Gasteiger partial charge in [0.15, 0.2) is 0 Å². The number of nitrogens with two attached hydrogens (primary N) is 2. The van der Waals surface area contributed by atoms with Crippen molar-refractivity contribution >= 4 is 10.9 Å². The van der Waals surface area contributed by atoms with Crippen molar-refractivity contribution in [3.05, 3.63) is 42.1 Å². The topological polar surface area (TPSA) is 64.9 Å². The average Bonchev–Trinajstić information content (AvgIpc) is 2.35. The van der Waals surface area contributed by atoms with Crippen molar-refractivity contribution < 1.29 is 0 Å². The molecule has 0 fully saturated rings. The van der Waals surface area contributed by atoms with Gasteiger partial charge in [-0.25, -0.2) is 0 Å². The summed E-state index contributed by atoms with van der Waals surface area (Å²) in [7, 11) is 0. The number of aromatic nitrogens is 1. The molecule has 0 aliphatic heterocycles. The third-order valence-corrected chi connectivity index (χ3v) is 2.80. The SMILES string of the molecule is NCCC[C@@H](N)c1ccnc2ccccc12. The molecule has 0 saturated heterocycles. The lowest BCUT2D eigenvalue weighted by Gasteiger charge is -2.13. The minimum absolute atomic E-state index is 0.0523. The van der Waals surface area contributed by atoms with Gasteiger partial charge >= 0.3 is 0 Å². The first-order chi connectivity index (χ1) is 7.83. The summed E-state index contributed by atoms with van der Waals surface area (Å²) in [5, 5.41) is 1.15. The Morgan fingerprint density at radius 1 is 1.19 bits per heavy atom. The molecule has 2 rings (SSSR count). The molecule has 16 heavy (non-hydrogen) atoms. The molecule has 0 bridgehead atoms. The molecule has 1 aromatic heterocycles. The highest BCUT2D eigenvalue weighted by Gasteiger charge is 2.09. The van der Waals surface area contributed by atoms with Crippen molar-refractivity contribution in [3.63, 3.8) is 0 Å². The maximum atomic E-state index is 6.16. The van der Waals surface area contributed by atoms with E-state index >= 15 is 0 Å². The first kappa shape index (κ1) is 11.0. The summed E-state index contributed by atoms with van der Waals surface area (Å²) in [4.78, 5) is 4.32. The average molecular weight is 215 g/mol. The van der Waals surface area contributed by atoms with Gasteiger partial charge in [0.05, 0.1) is 5.52 Å². The van der Waals surface area contributed by atoms with Gasteiger partial charge in [-0.2, -0.15) is 0 Å². The molecule has 0 radical (unpaired) electrons. The highest BCUT2D eigenvalue weighted by Crippen LogP contribution is 2.23. The summed E-state index contributed by atoms with van der Waals surface area (Å²) in [6.07, 6.45) is 3.70. The van der Waals surface area contributed by atoms with Crippen LogP contribution in [0.25, 0.3) is 10.9 Å². The maximum absolute atomic E-state index is 6.16. The van der Waals surface area contributed by atoms with Crippen molar-refractivity contribution in [3.8, 4) is 0 Å². The number of hydrogen-bond acceptors (Lipinski definition) is 3. The van der Waals surface area contributed by atoms with Crippen LogP contribution in [0.15, 0.2) is 36.5 Å². The van der Waals surface area contributed by atoms with E-state index in [2.05, 4.69) is 11.1 Å². The van der Waals surface area contributed by atoms with Crippen LogP contribution in [0.1, 0.15) is 24.4 Å². The van der Waals surface area contributed by atoms with Gasteiger partial charge < -0.3 is 11.5 Å². The van der Waals surface area contributed by atoms with Crippen LogP contribution in [0, 0.1) is 0 Å². The number of rotatable bonds is 4. The highest BCUT2D eigenvalue weighted by atomic mass is 14.7. The maximum Gasteiger partial charge on any atom is 0.0705 e. The van der Waals surface area contributed by atoms with Gasteiger partial charge in [-0.3, -0.25) is 4.98 Å². The van der Waals surface area contributed by atoms with Crippen molar-refractivity contribution in [2.75, 3.05) is 6.54 Å². The molecule has 1 heterocycles. The van der Waals surface area contributed by atoms with Crippen LogP contribution in [0.2, 0.25) is 0 Å². The van der Waals surface area contributed by atoms with Gasteiger partial charge in [0.25, 0.3) is 0 Å². The van der Waals surface area contributed by atoms with Gasteiger partial charge in [0, 0.05) is 17.6 Å². The Labute approximate surface area is 95.5 Å². The van der Waals surface area contributed by atoms with Crippen LogP contribution in [0.3, 0.4) is 0 Å². The lowest BCUT2D eigenvalue weighted by Crippen LogP contribution is -2.13. The fourth-order valence-corrected chi connectivity index (χ4v) is 1.93. The third kappa shape index (κ3) is 2.21. The van der Waals surface area contributed by atoms with Crippen LogP contribution in [0.4, 0.5) is 0 Å². The zero-order chi connectivity index (χ0) is 11.4. The molecule has 0 aliphatic carbocycles. The van der Waals surface area contributed by atoms with E-state index in [9.17, 15) is 0 Å². The van der Waals surface area contributed by atoms with Gasteiger partial charge in [0.1, 0.15) is 0 Å². The van der Waals surface area contributed by atoms with Gasteiger partial charge in [-0.15, -0.1) is 0 Å². The molecule has 0 aliphatic rings. The van der Waals surface area contributed by atoms with E-state index in [1.54, 1.807) is 0 Å². The number of fused-ring (bicyclic) bond motifs is 1. The van der Waals surface area contributed by atoms with Crippen molar-refractivity contribution in [1.29, 1.82) is 0 Å². The minimum atomic E-state index is 0.0523. The van der Waals surface area contributed by atoms with Crippen LogP contribution in [-0.2, 0) is 0 Å². The Kier molecular flexibility index (Phi) is 3.49. The quantitative estimate of drug-likeness (QED) is 0.819. The molecule has 2 aromatic rings. The normalized spacial score (nSPS) is 12.9. The Hall–Kier alpha value is -1.45. The van der Waals surface area contributed by atoms with E-state index in [0.29, 0.717) is 6.54 Å². The van der Waals surface area contributed by atoms with E-state index < -0.39 is 0 Å². The van der Waals surface area contributed by atoms with Crippen molar-refractivity contribution in [2.24, 2.45) is 11.5 Å². The van der Waals surface area contributed by atoms with Crippen molar-refractivity contribution in [2.45, 2.75) is 18.9 Å². The van der Waals surface area contributed by atoms with Crippen LogP contribution in [-0.4, -0.2) is 11.5 Å². The number of benzene rings is 1. The Balaban J connectivity index is 2.36. The number of hydrogen-bond donors (Lipinski definition) is 2. The summed E-state index contributed by atoms with van der Waals surface area (Å²) in [5.41, 5.74) is 13.8. The van der Waals surface area contributed by atoms with E-state index in [4.69, 9.17) is 11.5 Å². The molecule has 3 nitrogen and oxygen atoms in total. The minimum Gasteiger partial charge on any atom is -0.330 e. The second-order valence-corrected chi connectivity index (χ2v) is 3.95. The Bertz CT molecular complexity index is 462. The summed E-state index contributed by atoms with van der Waals surface area (Å²) in [5.74, 6) is 0. The van der Waals surface area contributed by atoms with Crippen LogP contribution >= 0.6 is 0 Å². The van der Waals surface area contributed by atoms with Gasteiger partial charge in [-0.1, -0.05) is 18.2 Å². The van der Waals surface area contributed by atoms with Crippen molar-refractivity contribution in [1.82, 2.24) is 4.98 Å². The second-order valence-electron chi connectivity index (χ2n) is 3.95. The van der Waals surface area contributed by atoms with Gasteiger partial charge in [0.2, 0.25) is 0 Å². The van der Waals surface area contributed by atoms with Gasteiger partial charge in [-0.05, 0) is 37.1 Å². The summed E-state index contributed by atoms with van der Waals surface area (Å²) < 4.78 is 0. The summed E-state index contributed by atoms with van der Waals surface area (Å²) >= 11 is 0. The highest BCUT2D eigenvalue weighted by molar-refractivity contribution is 5.82. The Morgan fingerprint density at radius 2 is 2.00 bits per heavy atom. The molecule has 0 unspecified atom stereocenters. The van der Waals surface area contributed by atoms with E-state index in [0.717, 1.165) is 23.7 Å². The van der Waals surface area contributed by atoms with Crippen LogP contribution < -0.4 is 11.5 Å². The van der Waals surface area contributed by atoms with E-state index in [-0.39, 0.29) is 6.04 Å². The standard InChI is InChI=1S/C13H17N3/c14-8-3-5-12(15)10-7-9-16-13-6-2-1-4-11(10)13/h1-2,4,6-7,9,12H,3,5,8,14-15H2/t12-/m1/s1. The Morgan fingerprint density at radius 3 is 2.81 bits per heavy atom. The third-order valence-electron chi connectivity index (χ3n) is 2.80. The number of nitrogens with zero attached hydrogens (tertiary/aromatic N) is 1. The van der Waals surface area contributed by atoms with E-state index in [1.165, 1.54) is 5.56 Å². The predicted octanol–water partition coefficient (Wildman–Crippen LogP) is 1.97. The molecule has 0 amide bonds. The molecule has 1 atom stereocenters. The lowest BCUT2D eigenvalue weighted by molar-refractivity contribution is 0.621. The molecule has 84 valence electrons. The molecular weight excluding hydrogens is 198 g/mol. The molecular formula is C13H17N3. The fourth-order valence-electron chi connectivity index (χ4n) is 1.93. The number of para-hydroxylation sites is 1. The zero-order valence-corrected chi connectivity index (χ0v) is 9.26. The zero-order valence-electron chi connectivity index (χ0n) is 9.26. The van der Waals surface area contributed by atoms with Crippen LogP contribution in [0.5, 0.6) is 0 Å². The first-order valence-electron chi connectivity index (χ1n) is 5.62. The number of pyridine rings is 1. The lowest BCUT2D eigenvalue weighted by atomic mass is 9.99. The molecule has 0 spiro atoms. The molecule has 0 saturated carbocycles. The molecule has 3 heteroatoms. The van der Waals surface area contributed by atoms with E-state index in [1.807, 2.05) is 30.5 Å². The fraction of sp³-hybridized carbons (Fsp3) is 0.308. The smallest absolute Gasteiger partial charge is 0.0705 e. The summed E-state index contributed by atoms with van der Waals surface area (Å²) in [6.45, 7) is 0.691.